The van der Waals surface area contributed by atoms with Crippen LogP contribution in [0.2, 0.25) is 0 Å². The summed E-state index contributed by atoms with van der Waals surface area (Å²) in [5.41, 5.74) is 1.89. The number of hydrogen-bond donors (Lipinski definition) is 0. The van der Waals surface area contributed by atoms with E-state index in [-0.39, 0.29) is 5.97 Å². The first-order valence-corrected chi connectivity index (χ1v) is 9.81. The number of ether oxygens (including phenoxy) is 2. The van der Waals surface area contributed by atoms with Gasteiger partial charge in [0.05, 0.1) is 12.2 Å². The SMILES string of the molecule is CCCCOc1ccc(C(=O)Oc2ccc(C3CCCCC3)cc2)cc1. The fourth-order valence-corrected chi connectivity index (χ4v) is 3.43. The van der Waals surface area contributed by atoms with Gasteiger partial charge in [-0.1, -0.05) is 44.7 Å². The lowest BCUT2D eigenvalue weighted by Gasteiger charge is -2.22. The van der Waals surface area contributed by atoms with Crippen molar-refractivity contribution < 1.29 is 14.3 Å². The number of rotatable bonds is 7. The number of carbonyl (C=O) groups excluding carboxylic acids is 1. The van der Waals surface area contributed by atoms with E-state index in [4.69, 9.17) is 9.47 Å². The maximum absolute atomic E-state index is 12.3. The summed E-state index contributed by atoms with van der Waals surface area (Å²) in [5.74, 6) is 1.70. The molecule has 1 fully saturated rings. The molecule has 1 saturated carbocycles. The second-order valence-corrected chi connectivity index (χ2v) is 7.02. The fraction of sp³-hybridized carbons (Fsp3) is 0.435. The molecule has 138 valence electrons. The van der Waals surface area contributed by atoms with Crippen LogP contribution < -0.4 is 9.47 Å². The molecule has 0 aliphatic heterocycles. The van der Waals surface area contributed by atoms with Gasteiger partial charge in [0.1, 0.15) is 11.5 Å². The number of benzene rings is 2. The highest BCUT2D eigenvalue weighted by molar-refractivity contribution is 5.91. The molecule has 0 bridgehead atoms. The van der Waals surface area contributed by atoms with Gasteiger partial charge in [0.2, 0.25) is 0 Å². The Labute approximate surface area is 156 Å². The van der Waals surface area contributed by atoms with E-state index in [1.54, 1.807) is 12.1 Å². The molecule has 0 N–H and O–H groups in total. The van der Waals surface area contributed by atoms with Crippen LogP contribution in [0.4, 0.5) is 0 Å². The summed E-state index contributed by atoms with van der Waals surface area (Å²) in [4.78, 5) is 12.3. The first-order chi connectivity index (χ1) is 12.8. The van der Waals surface area contributed by atoms with E-state index >= 15 is 0 Å². The Balaban J connectivity index is 1.55. The Morgan fingerprint density at radius 2 is 1.58 bits per heavy atom. The third-order valence-corrected chi connectivity index (χ3v) is 5.02. The van der Waals surface area contributed by atoms with E-state index in [0.29, 0.717) is 23.8 Å². The molecule has 2 aromatic carbocycles. The molecule has 0 saturated heterocycles. The minimum absolute atomic E-state index is 0.337. The zero-order valence-electron chi connectivity index (χ0n) is 15.6. The first kappa shape index (κ1) is 18.5. The molecule has 0 heterocycles. The highest BCUT2D eigenvalue weighted by atomic mass is 16.5. The predicted molar refractivity (Wildman–Crippen MR) is 104 cm³/mol. The number of unbranched alkanes of at least 4 members (excludes halogenated alkanes) is 1. The Bertz CT molecular complexity index is 682. The number of carbonyl (C=O) groups is 1. The third-order valence-electron chi connectivity index (χ3n) is 5.02. The number of esters is 1. The van der Waals surface area contributed by atoms with E-state index in [2.05, 4.69) is 19.1 Å². The van der Waals surface area contributed by atoms with Crippen LogP contribution in [0.5, 0.6) is 11.5 Å². The van der Waals surface area contributed by atoms with E-state index in [9.17, 15) is 4.79 Å². The average Bonchev–Trinajstić information content (AvgIpc) is 2.70. The number of hydrogen-bond acceptors (Lipinski definition) is 3. The van der Waals surface area contributed by atoms with Crippen molar-refractivity contribution in [3.8, 4) is 11.5 Å². The van der Waals surface area contributed by atoms with Gasteiger partial charge in [-0.05, 0) is 67.1 Å². The Morgan fingerprint density at radius 1 is 0.923 bits per heavy atom. The highest BCUT2D eigenvalue weighted by Gasteiger charge is 2.16. The molecule has 1 aliphatic carbocycles. The van der Waals surface area contributed by atoms with E-state index in [0.717, 1.165) is 18.6 Å². The van der Waals surface area contributed by atoms with E-state index in [1.807, 2.05) is 24.3 Å². The molecular weight excluding hydrogens is 324 g/mol. The van der Waals surface area contributed by atoms with Crippen molar-refractivity contribution in [2.45, 2.75) is 57.8 Å². The molecule has 0 amide bonds. The van der Waals surface area contributed by atoms with E-state index in [1.165, 1.54) is 37.7 Å². The summed E-state index contributed by atoms with van der Waals surface area (Å²) in [6, 6.07) is 15.2. The molecule has 0 spiro atoms. The quantitative estimate of drug-likeness (QED) is 0.341. The molecular formula is C23H28O3. The Hall–Kier alpha value is -2.29. The molecule has 0 atom stereocenters. The third kappa shape index (κ3) is 5.10. The first-order valence-electron chi connectivity index (χ1n) is 9.81. The molecule has 1 aliphatic rings. The maximum Gasteiger partial charge on any atom is 0.343 e. The standard InChI is InChI=1S/C23H28O3/c1-2-3-17-25-21-13-11-20(12-14-21)23(24)26-22-15-9-19(10-16-22)18-7-5-4-6-8-18/h9-16,18H,2-8,17H2,1H3. The maximum atomic E-state index is 12.3. The van der Waals surface area contributed by atoms with Gasteiger partial charge in [-0.3, -0.25) is 0 Å². The minimum Gasteiger partial charge on any atom is -0.494 e. The zero-order chi connectivity index (χ0) is 18.2. The van der Waals surface area contributed by atoms with Gasteiger partial charge in [-0.2, -0.15) is 0 Å². The van der Waals surface area contributed by atoms with Crippen molar-refractivity contribution in [2.24, 2.45) is 0 Å². The topological polar surface area (TPSA) is 35.5 Å². The molecule has 0 radical (unpaired) electrons. The molecule has 0 aromatic heterocycles. The lowest BCUT2D eigenvalue weighted by atomic mass is 9.84. The summed E-state index contributed by atoms with van der Waals surface area (Å²) in [6.45, 7) is 2.83. The fourth-order valence-electron chi connectivity index (χ4n) is 3.43. The summed E-state index contributed by atoms with van der Waals surface area (Å²) in [7, 11) is 0. The van der Waals surface area contributed by atoms with Crippen molar-refractivity contribution in [3.05, 3.63) is 59.7 Å². The van der Waals surface area contributed by atoms with Crippen molar-refractivity contribution in [1.82, 2.24) is 0 Å². The van der Waals surface area contributed by atoms with Gasteiger partial charge >= 0.3 is 5.97 Å². The Morgan fingerprint density at radius 3 is 2.23 bits per heavy atom. The molecule has 3 heteroatoms. The predicted octanol–water partition coefficient (Wildman–Crippen LogP) is 6.13. The largest absolute Gasteiger partial charge is 0.494 e. The average molecular weight is 352 g/mol. The van der Waals surface area contributed by atoms with Gasteiger partial charge < -0.3 is 9.47 Å². The van der Waals surface area contributed by atoms with Crippen LogP contribution in [-0.2, 0) is 0 Å². The summed E-state index contributed by atoms with van der Waals surface area (Å²) in [5, 5.41) is 0. The van der Waals surface area contributed by atoms with Crippen LogP contribution in [0.3, 0.4) is 0 Å². The normalized spacial score (nSPS) is 14.8. The lowest BCUT2D eigenvalue weighted by Crippen LogP contribution is -2.09. The Kier molecular flexibility index (Phi) is 6.70. The van der Waals surface area contributed by atoms with Crippen LogP contribution in [0.25, 0.3) is 0 Å². The summed E-state index contributed by atoms with van der Waals surface area (Å²) in [6.07, 6.45) is 8.66. The van der Waals surface area contributed by atoms with Gasteiger partial charge in [0.25, 0.3) is 0 Å². The minimum atomic E-state index is -0.337. The summed E-state index contributed by atoms with van der Waals surface area (Å²) < 4.78 is 11.1. The van der Waals surface area contributed by atoms with Crippen LogP contribution in [0.15, 0.2) is 48.5 Å². The van der Waals surface area contributed by atoms with Crippen molar-refractivity contribution in [2.75, 3.05) is 6.61 Å². The van der Waals surface area contributed by atoms with Crippen LogP contribution >= 0.6 is 0 Å². The summed E-state index contributed by atoms with van der Waals surface area (Å²) >= 11 is 0. The second kappa shape index (κ2) is 9.42. The lowest BCUT2D eigenvalue weighted by molar-refractivity contribution is 0.0734. The van der Waals surface area contributed by atoms with Crippen molar-refractivity contribution >= 4 is 5.97 Å². The molecule has 26 heavy (non-hydrogen) atoms. The monoisotopic (exact) mass is 352 g/mol. The zero-order valence-corrected chi connectivity index (χ0v) is 15.6. The molecule has 2 aromatic rings. The van der Waals surface area contributed by atoms with Gasteiger partial charge in [-0.15, -0.1) is 0 Å². The van der Waals surface area contributed by atoms with Crippen LogP contribution in [0.1, 0.15) is 73.7 Å². The van der Waals surface area contributed by atoms with Gasteiger partial charge in [0.15, 0.2) is 0 Å². The smallest absolute Gasteiger partial charge is 0.343 e. The van der Waals surface area contributed by atoms with Crippen LogP contribution in [-0.4, -0.2) is 12.6 Å². The second-order valence-electron chi connectivity index (χ2n) is 7.02. The van der Waals surface area contributed by atoms with Crippen LogP contribution in [0, 0.1) is 0 Å². The van der Waals surface area contributed by atoms with Crippen molar-refractivity contribution in [3.63, 3.8) is 0 Å². The molecule has 3 rings (SSSR count). The highest BCUT2D eigenvalue weighted by Crippen LogP contribution is 2.33. The van der Waals surface area contributed by atoms with Crippen molar-refractivity contribution in [1.29, 1.82) is 0 Å². The molecule has 0 unspecified atom stereocenters. The van der Waals surface area contributed by atoms with Gasteiger partial charge in [-0.25, -0.2) is 4.79 Å². The van der Waals surface area contributed by atoms with Gasteiger partial charge in [0, 0.05) is 0 Å². The van der Waals surface area contributed by atoms with E-state index < -0.39 is 0 Å². The molecule has 3 nitrogen and oxygen atoms in total.